The lowest BCUT2D eigenvalue weighted by Gasteiger charge is -2.12. The van der Waals surface area contributed by atoms with Crippen molar-refractivity contribution in [2.75, 3.05) is 0 Å². The summed E-state index contributed by atoms with van der Waals surface area (Å²) in [5.41, 5.74) is 9.59. The van der Waals surface area contributed by atoms with Gasteiger partial charge in [-0.2, -0.15) is 5.26 Å². The summed E-state index contributed by atoms with van der Waals surface area (Å²) in [6.07, 6.45) is 3.87. The van der Waals surface area contributed by atoms with Crippen molar-refractivity contribution in [3.63, 3.8) is 0 Å². The van der Waals surface area contributed by atoms with Gasteiger partial charge in [0.15, 0.2) is 0 Å². The number of para-hydroxylation sites is 1. The van der Waals surface area contributed by atoms with Gasteiger partial charge in [-0.05, 0) is 83.9 Å². The van der Waals surface area contributed by atoms with E-state index in [1.807, 2.05) is 35.9 Å². The van der Waals surface area contributed by atoms with Gasteiger partial charge >= 0.3 is 0 Å². The largest absolute Gasteiger partial charge is 0.309 e. The third kappa shape index (κ3) is 3.83. The molecule has 4 heterocycles. The Morgan fingerprint density at radius 3 is 1.98 bits per heavy atom. The average Bonchev–Trinajstić information content (AvgIpc) is 3.77. The highest BCUT2D eigenvalue weighted by Crippen LogP contribution is 2.41. The predicted octanol–water partition coefficient (Wildman–Crippen LogP) is 11.2. The predicted molar refractivity (Wildman–Crippen MR) is 196 cm³/mol. The summed E-state index contributed by atoms with van der Waals surface area (Å²) in [5, 5.41) is 16.8. The number of hydrogen-bond donors (Lipinski definition) is 0. The van der Waals surface area contributed by atoms with Gasteiger partial charge < -0.3 is 9.13 Å². The Morgan fingerprint density at radius 2 is 1.17 bits per heavy atom. The van der Waals surface area contributed by atoms with Crippen LogP contribution < -0.4 is 0 Å². The minimum Gasteiger partial charge on any atom is -0.309 e. The number of benzene rings is 6. The van der Waals surface area contributed by atoms with Crippen LogP contribution in [0.4, 0.5) is 0 Å². The Kier molecular flexibility index (Phi) is 5.48. The maximum atomic E-state index is 9.58. The quantitative estimate of drug-likeness (QED) is 0.198. The molecule has 6 aromatic carbocycles. The fourth-order valence-corrected chi connectivity index (χ4v) is 8.46. The van der Waals surface area contributed by atoms with E-state index < -0.39 is 0 Å². The first-order chi connectivity index (χ1) is 23.2. The summed E-state index contributed by atoms with van der Waals surface area (Å²) >= 11 is 1.85. The summed E-state index contributed by atoms with van der Waals surface area (Å²) in [6.45, 7) is 0. The molecule has 218 valence electrons. The number of nitriles is 1. The van der Waals surface area contributed by atoms with Crippen LogP contribution in [0.25, 0.3) is 86.3 Å². The second kappa shape index (κ2) is 9.89. The Labute approximate surface area is 273 Å². The van der Waals surface area contributed by atoms with Crippen LogP contribution in [0.1, 0.15) is 5.56 Å². The van der Waals surface area contributed by atoms with Gasteiger partial charge in [0.1, 0.15) is 0 Å². The van der Waals surface area contributed by atoms with Gasteiger partial charge in [-0.3, -0.25) is 4.98 Å². The van der Waals surface area contributed by atoms with Gasteiger partial charge in [0, 0.05) is 59.3 Å². The second-order valence-corrected chi connectivity index (χ2v) is 13.1. The van der Waals surface area contributed by atoms with E-state index in [-0.39, 0.29) is 0 Å². The molecule has 0 saturated carbocycles. The summed E-state index contributed by atoms with van der Waals surface area (Å²) in [4.78, 5) is 4.54. The number of fused-ring (bicyclic) bond motifs is 9. The lowest BCUT2D eigenvalue weighted by molar-refractivity contribution is 1.17. The van der Waals surface area contributed by atoms with E-state index in [1.165, 1.54) is 36.5 Å². The molecule has 0 spiro atoms. The Balaban J connectivity index is 1.17. The van der Waals surface area contributed by atoms with Crippen LogP contribution in [0.5, 0.6) is 0 Å². The SMILES string of the molecule is N#Cc1ccc2c(c1)c1ccccc1n2-c1cccc(-c2cccc(-n3c4cnccc4c4cc5sc6ccccc6c5cc43)c2)c1. The first kappa shape index (κ1) is 26.0. The van der Waals surface area contributed by atoms with Crippen LogP contribution in [0.3, 0.4) is 0 Å². The molecule has 0 aliphatic carbocycles. The Hall–Kier alpha value is -6.22. The van der Waals surface area contributed by atoms with Crippen LogP contribution in [0.2, 0.25) is 0 Å². The average molecular weight is 617 g/mol. The molecule has 0 unspecified atom stereocenters. The van der Waals surface area contributed by atoms with Crippen LogP contribution in [0.15, 0.2) is 146 Å². The molecule has 0 aliphatic rings. The Morgan fingerprint density at radius 1 is 0.489 bits per heavy atom. The number of thiophene rings is 1. The van der Waals surface area contributed by atoms with Crippen molar-refractivity contribution in [1.82, 2.24) is 14.1 Å². The molecular formula is C42H24N4S. The summed E-state index contributed by atoms with van der Waals surface area (Å²) in [6, 6.07) is 49.7. The van der Waals surface area contributed by atoms with Crippen molar-refractivity contribution < 1.29 is 0 Å². The second-order valence-electron chi connectivity index (χ2n) is 12.0. The number of pyridine rings is 1. The molecule has 0 atom stereocenters. The molecular weight excluding hydrogens is 593 g/mol. The molecule has 0 aliphatic heterocycles. The van der Waals surface area contributed by atoms with Gasteiger partial charge in [-0.15, -0.1) is 11.3 Å². The standard InChI is InChI=1S/C42H24N4S/c43-24-26-15-16-38-34(19-26)31-11-1-3-13-37(31)45(38)29-9-5-7-27(20-29)28-8-6-10-30(21-28)46-39-22-36-33-12-2-4-14-41(33)47-42(36)23-35(39)32-17-18-44-25-40(32)46/h1-23,25H. The van der Waals surface area contributed by atoms with Gasteiger partial charge in [-0.1, -0.05) is 60.7 Å². The van der Waals surface area contributed by atoms with E-state index >= 15 is 0 Å². The van der Waals surface area contributed by atoms with E-state index in [9.17, 15) is 5.26 Å². The number of nitrogens with zero attached hydrogens (tertiary/aromatic N) is 4. The van der Waals surface area contributed by atoms with Crippen LogP contribution in [-0.2, 0) is 0 Å². The highest BCUT2D eigenvalue weighted by molar-refractivity contribution is 7.25. The highest BCUT2D eigenvalue weighted by atomic mass is 32.1. The van der Waals surface area contributed by atoms with Crippen molar-refractivity contribution in [2.45, 2.75) is 0 Å². The molecule has 47 heavy (non-hydrogen) atoms. The first-order valence-electron chi connectivity index (χ1n) is 15.6. The number of hydrogen-bond acceptors (Lipinski definition) is 3. The van der Waals surface area contributed by atoms with Crippen molar-refractivity contribution in [3.05, 3.63) is 151 Å². The highest BCUT2D eigenvalue weighted by Gasteiger charge is 2.17. The summed E-state index contributed by atoms with van der Waals surface area (Å²) in [7, 11) is 0. The van der Waals surface area contributed by atoms with Crippen LogP contribution in [0, 0.1) is 11.3 Å². The van der Waals surface area contributed by atoms with E-state index in [0.29, 0.717) is 5.56 Å². The van der Waals surface area contributed by atoms with Crippen LogP contribution >= 0.6 is 11.3 Å². The zero-order valence-corrected chi connectivity index (χ0v) is 25.9. The molecule has 4 nitrogen and oxygen atoms in total. The smallest absolute Gasteiger partial charge is 0.0991 e. The fourth-order valence-electron chi connectivity index (χ4n) is 7.33. The molecule has 0 bridgehead atoms. The van der Waals surface area contributed by atoms with Gasteiger partial charge in [0.2, 0.25) is 0 Å². The van der Waals surface area contributed by atoms with Crippen molar-refractivity contribution in [3.8, 4) is 28.6 Å². The number of aromatic nitrogens is 3. The molecule has 5 heteroatoms. The van der Waals surface area contributed by atoms with E-state index in [1.54, 1.807) is 0 Å². The van der Waals surface area contributed by atoms with E-state index in [0.717, 1.165) is 49.8 Å². The normalized spacial score (nSPS) is 11.8. The van der Waals surface area contributed by atoms with Crippen molar-refractivity contribution in [2.24, 2.45) is 0 Å². The Bertz CT molecular complexity index is 2930. The monoisotopic (exact) mass is 616 g/mol. The molecule has 10 aromatic rings. The van der Waals surface area contributed by atoms with E-state index in [2.05, 4.69) is 142 Å². The zero-order chi connectivity index (χ0) is 31.1. The van der Waals surface area contributed by atoms with Gasteiger partial charge in [0.25, 0.3) is 0 Å². The topological polar surface area (TPSA) is 46.5 Å². The number of rotatable bonds is 3. The molecule has 0 saturated heterocycles. The minimum atomic E-state index is 0.666. The lowest BCUT2D eigenvalue weighted by Crippen LogP contribution is -1.96. The third-order valence-electron chi connectivity index (χ3n) is 9.41. The van der Waals surface area contributed by atoms with Crippen LogP contribution in [-0.4, -0.2) is 14.1 Å². The maximum absolute atomic E-state index is 9.58. The summed E-state index contributed by atoms with van der Waals surface area (Å²) in [5.74, 6) is 0. The van der Waals surface area contributed by atoms with Crippen molar-refractivity contribution in [1.29, 1.82) is 5.26 Å². The van der Waals surface area contributed by atoms with Gasteiger partial charge in [-0.25, -0.2) is 0 Å². The minimum absolute atomic E-state index is 0.666. The first-order valence-corrected chi connectivity index (χ1v) is 16.4. The van der Waals surface area contributed by atoms with E-state index in [4.69, 9.17) is 0 Å². The zero-order valence-electron chi connectivity index (χ0n) is 25.1. The lowest BCUT2D eigenvalue weighted by atomic mass is 10.0. The fraction of sp³-hybridized carbons (Fsp3) is 0. The summed E-state index contributed by atoms with van der Waals surface area (Å²) < 4.78 is 7.27. The maximum Gasteiger partial charge on any atom is 0.0991 e. The van der Waals surface area contributed by atoms with Crippen molar-refractivity contribution >= 4 is 75.1 Å². The molecule has 10 rings (SSSR count). The molecule has 0 amide bonds. The molecule has 0 N–H and O–H groups in total. The third-order valence-corrected chi connectivity index (χ3v) is 10.5. The molecule has 0 fully saturated rings. The molecule has 0 radical (unpaired) electrons. The van der Waals surface area contributed by atoms with Gasteiger partial charge in [0.05, 0.1) is 39.9 Å². The molecule has 4 aromatic heterocycles.